The van der Waals surface area contributed by atoms with Crippen molar-refractivity contribution in [1.29, 1.82) is 0 Å². The molecule has 0 aliphatic carbocycles. The number of carbonyl (C=O) groups excluding carboxylic acids is 2. The molecule has 2 aromatic heterocycles. The van der Waals surface area contributed by atoms with Gasteiger partial charge in [0.25, 0.3) is 5.91 Å². The Morgan fingerprint density at radius 1 is 1.10 bits per heavy atom. The van der Waals surface area contributed by atoms with Crippen molar-refractivity contribution in [2.45, 2.75) is 33.8 Å². The summed E-state index contributed by atoms with van der Waals surface area (Å²) in [6.45, 7) is 8.62. The van der Waals surface area contributed by atoms with Crippen LogP contribution in [0.25, 0.3) is 10.2 Å². The molecule has 0 atom stereocenters. The van der Waals surface area contributed by atoms with Crippen LogP contribution in [0.3, 0.4) is 0 Å². The van der Waals surface area contributed by atoms with E-state index in [9.17, 15) is 9.59 Å². The fourth-order valence-electron chi connectivity index (χ4n) is 3.47. The van der Waals surface area contributed by atoms with Gasteiger partial charge in [-0.1, -0.05) is 13.8 Å². The summed E-state index contributed by atoms with van der Waals surface area (Å²) in [6, 6.07) is 0. The van der Waals surface area contributed by atoms with Gasteiger partial charge in [0, 0.05) is 33.3 Å². The van der Waals surface area contributed by atoms with Crippen LogP contribution in [-0.4, -0.2) is 78.8 Å². The minimum Gasteiger partial charge on any atom is -0.480 e. The van der Waals surface area contributed by atoms with Crippen LogP contribution in [0.5, 0.6) is 5.88 Å². The molecule has 0 spiro atoms. The molecule has 1 aliphatic heterocycles. The molecule has 170 valence electrons. The Morgan fingerprint density at radius 3 is 2.48 bits per heavy atom. The van der Waals surface area contributed by atoms with Crippen molar-refractivity contribution >= 4 is 33.6 Å². The molecule has 0 N–H and O–H groups in total. The number of methoxy groups -OCH3 is 2. The molecule has 1 aliphatic rings. The molecule has 0 radical (unpaired) electrons. The van der Waals surface area contributed by atoms with E-state index in [0.29, 0.717) is 60.6 Å². The first kappa shape index (κ1) is 23.2. The summed E-state index contributed by atoms with van der Waals surface area (Å²) < 4.78 is 15.9. The van der Waals surface area contributed by atoms with E-state index in [4.69, 9.17) is 14.2 Å². The van der Waals surface area contributed by atoms with E-state index in [1.807, 2.05) is 20.8 Å². The topological polar surface area (TPSA) is 94.1 Å². The van der Waals surface area contributed by atoms with Crippen LogP contribution in [0.2, 0.25) is 0 Å². The molecule has 0 saturated carbocycles. The van der Waals surface area contributed by atoms with Crippen molar-refractivity contribution < 1.29 is 23.8 Å². The molecule has 2 amide bonds. The molecule has 0 aromatic carbocycles. The molecule has 9 nitrogen and oxygen atoms in total. The first-order chi connectivity index (χ1) is 14.8. The lowest BCUT2D eigenvalue weighted by atomic mass is 10.2. The molecule has 1 saturated heterocycles. The maximum atomic E-state index is 13.3. The van der Waals surface area contributed by atoms with Crippen LogP contribution in [-0.2, 0) is 16.1 Å². The van der Waals surface area contributed by atoms with Gasteiger partial charge in [-0.25, -0.2) is 9.78 Å². The molecular formula is C21H30N4O5S. The minimum atomic E-state index is -0.313. The Kier molecular flexibility index (Phi) is 7.66. The largest absolute Gasteiger partial charge is 0.480 e. The number of amides is 2. The molecular weight excluding hydrogens is 420 g/mol. The third kappa shape index (κ3) is 5.24. The maximum Gasteiger partial charge on any atom is 0.409 e. The number of hydrogen-bond donors (Lipinski definition) is 0. The molecule has 0 bridgehead atoms. The van der Waals surface area contributed by atoms with Crippen LogP contribution in [0.1, 0.15) is 41.3 Å². The highest BCUT2D eigenvalue weighted by Crippen LogP contribution is 2.35. The van der Waals surface area contributed by atoms with Gasteiger partial charge in [-0.2, -0.15) is 4.98 Å². The van der Waals surface area contributed by atoms with E-state index < -0.39 is 0 Å². The summed E-state index contributed by atoms with van der Waals surface area (Å²) in [5.74, 6) is 1.18. The van der Waals surface area contributed by atoms with Crippen molar-refractivity contribution in [2.75, 3.05) is 47.0 Å². The molecule has 3 heterocycles. The molecule has 31 heavy (non-hydrogen) atoms. The average molecular weight is 451 g/mol. The predicted molar refractivity (Wildman–Crippen MR) is 118 cm³/mol. The summed E-state index contributed by atoms with van der Waals surface area (Å²) in [4.78, 5) is 39.3. The fraction of sp³-hybridized carbons (Fsp3) is 0.619. The third-order valence-corrected chi connectivity index (χ3v) is 6.22. The second kappa shape index (κ2) is 10.2. The maximum absolute atomic E-state index is 13.3. The first-order valence-electron chi connectivity index (χ1n) is 10.4. The van der Waals surface area contributed by atoms with Gasteiger partial charge in [0.2, 0.25) is 5.88 Å². The number of fused-ring (bicyclic) bond motifs is 1. The van der Waals surface area contributed by atoms with E-state index >= 15 is 0 Å². The van der Waals surface area contributed by atoms with Crippen LogP contribution >= 0.6 is 11.3 Å². The lowest BCUT2D eigenvalue weighted by Gasteiger charge is -2.22. The van der Waals surface area contributed by atoms with Gasteiger partial charge in [-0.05, 0) is 24.8 Å². The summed E-state index contributed by atoms with van der Waals surface area (Å²) in [6.07, 6.45) is 0.389. The third-order valence-electron chi connectivity index (χ3n) is 5.05. The van der Waals surface area contributed by atoms with Crippen molar-refractivity contribution in [3.05, 3.63) is 16.3 Å². The van der Waals surface area contributed by atoms with Crippen molar-refractivity contribution in [2.24, 2.45) is 5.92 Å². The number of rotatable bonds is 6. The van der Waals surface area contributed by atoms with E-state index in [2.05, 4.69) is 9.97 Å². The zero-order chi connectivity index (χ0) is 22.5. The highest BCUT2D eigenvalue weighted by atomic mass is 32.1. The van der Waals surface area contributed by atoms with Gasteiger partial charge in [-0.3, -0.25) is 4.79 Å². The summed E-state index contributed by atoms with van der Waals surface area (Å²) in [7, 11) is 3.13. The number of carbonyl (C=O) groups is 2. The van der Waals surface area contributed by atoms with Crippen LogP contribution in [0.4, 0.5) is 4.79 Å². The Labute approximate surface area is 186 Å². The Hall–Kier alpha value is -2.46. The Bertz CT molecular complexity index is 945. The van der Waals surface area contributed by atoms with Gasteiger partial charge < -0.3 is 24.0 Å². The van der Waals surface area contributed by atoms with Gasteiger partial charge in [0.1, 0.15) is 11.4 Å². The predicted octanol–water partition coefficient (Wildman–Crippen LogP) is 3.10. The number of ether oxygens (including phenoxy) is 3. The first-order valence-corrected chi connectivity index (χ1v) is 11.2. The number of aryl methyl sites for hydroxylation is 1. The molecule has 2 aromatic rings. The van der Waals surface area contributed by atoms with Gasteiger partial charge in [-0.15, -0.1) is 11.3 Å². The number of nitrogens with zero attached hydrogens (tertiary/aromatic N) is 4. The number of thiophene rings is 1. The Morgan fingerprint density at radius 2 is 1.81 bits per heavy atom. The van der Waals surface area contributed by atoms with Crippen LogP contribution in [0, 0.1) is 12.8 Å². The van der Waals surface area contributed by atoms with Gasteiger partial charge >= 0.3 is 6.09 Å². The quantitative estimate of drug-likeness (QED) is 0.667. The zero-order valence-electron chi connectivity index (χ0n) is 18.8. The summed E-state index contributed by atoms with van der Waals surface area (Å²) >= 11 is 1.34. The average Bonchev–Trinajstić information content (AvgIpc) is 2.92. The summed E-state index contributed by atoms with van der Waals surface area (Å²) in [5, 5.41) is 0.754. The normalized spacial score (nSPS) is 14.8. The molecule has 0 unspecified atom stereocenters. The summed E-state index contributed by atoms with van der Waals surface area (Å²) in [5.41, 5.74) is 0.809. The monoisotopic (exact) mass is 450 g/mol. The molecule has 3 rings (SSSR count). The number of hydrogen-bond acceptors (Lipinski definition) is 8. The smallest absolute Gasteiger partial charge is 0.409 e. The van der Waals surface area contributed by atoms with Crippen LogP contribution in [0.15, 0.2) is 0 Å². The standard InChI is InChI=1S/C21H30N4O5S/c1-13(2)11-30-21(27)25-8-6-7-24(9-10-25)20(26)17-14(3)16-18(29-5)22-15(12-28-4)23-19(16)31-17/h13H,6-12H2,1-5H3. The van der Waals surface area contributed by atoms with E-state index in [1.165, 1.54) is 11.3 Å². The van der Waals surface area contributed by atoms with Crippen LogP contribution < -0.4 is 4.74 Å². The zero-order valence-corrected chi connectivity index (χ0v) is 19.6. The lowest BCUT2D eigenvalue weighted by molar-refractivity contribution is 0.0750. The second-order valence-electron chi connectivity index (χ2n) is 7.92. The highest BCUT2D eigenvalue weighted by Gasteiger charge is 2.27. The van der Waals surface area contributed by atoms with E-state index in [-0.39, 0.29) is 24.5 Å². The molecule has 10 heteroatoms. The van der Waals surface area contributed by atoms with Gasteiger partial charge in [0.15, 0.2) is 5.82 Å². The lowest BCUT2D eigenvalue weighted by Crippen LogP contribution is -2.37. The second-order valence-corrected chi connectivity index (χ2v) is 8.92. The minimum absolute atomic E-state index is 0.0618. The Balaban J connectivity index is 1.78. The van der Waals surface area contributed by atoms with Crippen molar-refractivity contribution in [3.63, 3.8) is 0 Å². The fourth-order valence-corrected chi connectivity index (χ4v) is 4.62. The molecule has 1 fully saturated rings. The van der Waals surface area contributed by atoms with E-state index in [1.54, 1.807) is 24.0 Å². The highest BCUT2D eigenvalue weighted by molar-refractivity contribution is 7.20. The van der Waals surface area contributed by atoms with Crippen molar-refractivity contribution in [3.8, 4) is 5.88 Å². The van der Waals surface area contributed by atoms with E-state index in [0.717, 1.165) is 10.9 Å². The SMILES string of the molecule is COCc1nc(OC)c2c(C)c(C(=O)N3CCCN(C(=O)OCC(C)C)CC3)sc2n1. The number of aromatic nitrogens is 2. The van der Waals surface area contributed by atoms with Crippen molar-refractivity contribution in [1.82, 2.24) is 19.8 Å². The van der Waals surface area contributed by atoms with Gasteiger partial charge in [0.05, 0.1) is 24.0 Å².